The van der Waals surface area contributed by atoms with Crippen LogP contribution < -0.4 is 20.1 Å². The van der Waals surface area contributed by atoms with E-state index in [1.165, 1.54) is 0 Å². The van der Waals surface area contributed by atoms with Gasteiger partial charge in [0, 0.05) is 17.1 Å². The zero-order valence-corrected chi connectivity index (χ0v) is 15.3. The Morgan fingerprint density at radius 1 is 0.931 bits per heavy atom. The molecule has 0 saturated heterocycles. The fourth-order valence-corrected chi connectivity index (χ4v) is 3.13. The van der Waals surface area contributed by atoms with E-state index < -0.39 is 0 Å². The summed E-state index contributed by atoms with van der Waals surface area (Å²) < 4.78 is 10.6. The molecule has 0 spiro atoms. The zero-order chi connectivity index (χ0) is 19.6. The molecule has 5 rings (SSSR count). The number of amides is 1. The van der Waals surface area contributed by atoms with Gasteiger partial charge < -0.3 is 20.1 Å². The second-order valence-electron chi connectivity index (χ2n) is 6.46. The second kappa shape index (κ2) is 7.12. The van der Waals surface area contributed by atoms with Crippen LogP contribution in [0.2, 0.25) is 0 Å². The summed E-state index contributed by atoms with van der Waals surface area (Å²) in [6.45, 7) is 0.169. The molecule has 0 bridgehead atoms. The summed E-state index contributed by atoms with van der Waals surface area (Å²) in [5.74, 6) is 1.39. The summed E-state index contributed by atoms with van der Waals surface area (Å²) in [6.07, 6.45) is 3.43. The molecule has 2 aromatic carbocycles. The molecule has 7 nitrogen and oxygen atoms in total. The number of carbonyl (C=O) groups is 1. The van der Waals surface area contributed by atoms with E-state index in [0.29, 0.717) is 22.9 Å². The van der Waals surface area contributed by atoms with E-state index in [-0.39, 0.29) is 12.7 Å². The number of nitrogens with zero attached hydrogens (tertiary/aromatic N) is 2. The lowest BCUT2D eigenvalue weighted by atomic mass is 10.2. The minimum Gasteiger partial charge on any atom is -0.454 e. The fourth-order valence-electron chi connectivity index (χ4n) is 3.13. The summed E-state index contributed by atoms with van der Waals surface area (Å²) in [5, 5.41) is 7.16. The standard InChI is InChI=1S/C22H16N4O3/c27-22(15-6-8-18-19(11-15)29-13-28-18)26-20-9-7-16(12-24-20)25-17-5-1-3-14-4-2-10-23-21(14)17/h1-12,25H,13H2,(H,24,26,27). The highest BCUT2D eigenvalue weighted by atomic mass is 16.7. The van der Waals surface area contributed by atoms with Gasteiger partial charge in [-0.25, -0.2) is 4.98 Å². The molecule has 2 aromatic heterocycles. The van der Waals surface area contributed by atoms with E-state index in [2.05, 4.69) is 20.6 Å². The van der Waals surface area contributed by atoms with Crippen molar-refractivity contribution in [1.82, 2.24) is 9.97 Å². The number of aromatic nitrogens is 2. The molecule has 0 unspecified atom stereocenters. The van der Waals surface area contributed by atoms with Crippen molar-refractivity contribution < 1.29 is 14.3 Å². The van der Waals surface area contributed by atoms with E-state index in [9.17, 15) is 4.79 Å². The number of hydrogen-bond donors (Lipinski definition) is 2. The van der Waals surface area contributed by atoms with Gasteiger partial charge in [-0.3, -0.25) is 9.78 Å². The number of pyridine rings is 2. The van der Waals surface area contributed by atoms with Crippen molar-refractivity contribution in [2.45, 2.75) is 0 Å². The lowest BCUT2D eigenvalue weighted by molar-refractivity contribution is 0.102. The van der Waals surface area contributed by atoms with Gasteiger partial charge in [0.25, 0.3) is 5.91 Å². The van der Waals surface area contributed by atoms with E-state index in [4.69, 9.17) is 9.47 Å². The highest BCUT2D eigenvalue weighted by Gasteiger charge is 2.16. The first kappa shape index (κ1) is 17.0. The third-order valence-electron chi connectivity index (χ3n) is 4.55. The largest absolute Gasteiger partial charge is 0.454 e. The van der Waals surface area contributed by atoms with Crippen LogP contribution in [0.4, 0.5) is 17.2 Å². The van der Waals surface area contributed by atoms with Gasteiger partial charge in [-0.2, -0.15) is 0 Å². The number of benzene rings is 2. The van der Waals surface area contributed by atoms with Crippen LogP contribution >= 0.6 is 0 Å². The highest BCUT2D eigenvalue weighted by molar-refractivity contribution is 6.04. The molecular formula is C22H16N4O3. The number of ether oxygens (including phenoxy) is 2. The fraction of sp³-hybridized carbons (Fsp3) is 0.0455. The smallest absolute Gasteiger partial charge is 0.256 e. The molecule has 1 amide bonds. The summed E-state index contributed by atoms with van der Waals surface area (Å²) in [5.41, 5.74) is 3.04. The molecule has 0 atom stereocenters. The van der Waals surface area contributed by atoms with Gasteiger partial charge in [0.1, 0.15) is 5.82 Å². The predicted octanol–water partition coefficient (Wildman–Crippen LogP) is 4.35. The summed E-state index contributed by atoms with van der Waals surface area (Å²) >= 11 is 0. The third kappa shape index (κ3) is 3.41. The molecule has 0 radical (unpaired) electrons. The van der Waals surface area contributed by atoms with Gasteiger partial charge in [-0.05, 0) is 42.5 Å². The molecular weight excluding hydrogens is 368 g/mol. The number of hydrogen-bond acceptors (Lipinski definition) is 6. The van der Waals surface area contributed by atoms with Gasteiger partial charge in [0.05, 0.1) is 23.1 Å². The van der Waals surface area contributed by atoms with Crippen molar-refractivity contribution in [2.75, 3.05) is 17.4 Å². The molecule has 29 heavy (non-hydrogen) atoms. The lowest BCUT2D eigenvalue weighted by Gasteiger charge is -2.10. The van der Waals surface area contributed by atoms with Gasteiger partial charge in [0.15, 0.2) is 11.5 Å². The topological polar surface area (TPSA) is 85.4 Å². The highest BCUT2D eigenvalue weighted by Crippen LogP contribution is 2.32. The van der Waals surface area contributed by atoms with Crippen LogP contribution in [0.5, 0.6) is 11.5 Å². The summed E-state index contributed by atoms with van der Waals surface area (Å²) in [7, 11) is 0. The summed E-state index contributed by atoms with van der Waals surface area (Å²) in [4.78, 5) is 21.2. The maximum Gasteiger partial charge on any atom is 0.256 e. The Labute approximate surface area is 166 Å². The Morgan fingerprint density at radius 2 is 1.83 bits per heavy atom. The number of para-hydroxylation sites is 1. The van der Waals surface area contributed by atoms with Crippen LogP contribution in [-0.2, 0) is 0 Å². The first-order valence-electron chi connectivity index (χ1n) is 9.04. The molecule has 3 heterocycles. The molecule has 142 valence electrons. The molecule has 7 heteroatoms. The van der Waals surface area contributed by atoms with E-state index in [1.807, 2.05) is 36.4 Å². The molecule has 0 fully saturated rings. The maximum absolute atomic E-state index is 12.5. The van der Waals surface area contributed by atoms with Crippen LogP contribution in [-0.4, -0.2) is 22.7 Å². The SMILES string of the molecule is O=C(Nc1ccc(Nc2cccc3cccnc23)cn1)c1ccc2c(c1)OCO2. The predicted molar refractivity (Wildman–Crippen MR) is 110 cm³/mol. The zero-order valence-electron chi connectivity index (χ0n) is 15.3. The molecule has 1 aliphatic heterocycles. The average Bonchev–Trinajstić information content (AvgIpc) is 3.23. The van der Waals surface area contributed by atoms with Gasteiger partial charge in [-0.15, -0.1) is 0 Å². The number of fused-ring (bicyclic) bond motifs is 2. The van der Waals surface area contributed by atoms with Crippen LogP contribution in [0, 0.1) is 0 Å². The van der Waals surface area contributed by atoms with Crippen molar-refractivity contribution in [3.05, 3.63) is 78.6 Å². The van der Waals surface area contributed by atoms with Crippen molar-refractivity contribution >= 4 is 34.0 Å². The van der Waals surface area contributed by atoms with Crippen molar-refractivity contribution in [3.8, 4) is 11.5 Å². The number of anilines is 3. The summed E-state index contributed by atoms with van der Waals surface area (Å²) in [6, 6.07) is 18.5. The van der Waals surface area contributed by atoms with Crippen LogP contribution in [0.15, 0.2) is 73.1 Å². The number of rotatable bonds is 4. The first-order valence-corrected chi connectivity index (χ1v) is 9.04. The molecule has 0 aliphatic carbocycles. The first-order chi connectivity index (χ1) is 14.3. The lowest BCUT2D eigenvalue weighted by Crippen LogP contribution is -2.12. The molecule has 2 N–H and O–H groups in total. The minimum atomic E-state index is -0.269. The quantitative estimate of drug-likeness (QED) is 0.544. The molecule has 4 aromatic rings. The van der Waals surface area contributed by atoms with E-state index in [1.54, 1.807) is 36.7 Å². The van der Waals surface area contributed by atoms with Crippen molar-refractivity contribution in [2.24, 2.45) is 0 Å². The average molecular weight is 384 g/mol. The molecule has 1 aliphatic rings. The normalized spacial score (nSPS) is 12.0. The van der Waals surface area contributed by atoms with Crippen LogP contribution in [0.3, 0.4) is 0 Å². The third-order valence-corrected chi connectivity index (χ3v) is 4.55. The van der Waals surface area contributed by atoms with Crippen LogP contribution in [0.1, 0.15) is 10.4 Å². The van der Waals surface area contributed by atoms with Gasteiger partial charge in [-0.1, -0.05) is 18.2 Å². The van der Waals surface area contributed by atoms with Gasteiger partial charge >= 0.3 is 0 Å². The van der Waals surface area contributed by atoms with Crippen molar-refractivity contribution in [3.63, 3.8) is 0 Å². The maximum atomic E-state index is 12.5. The number of nitrogens with one attached hydrogen (secondary N) is 2. The Hall–Kier alpha value is -4.13. The Balaban J connectivity index is 1.30. The Kier molecular flexibility index (Phi) is 4.18. The van der Waals surface area contributed by atoms with E-state index >= 15 is 0 Å². The van der Waals surface area contributed by atoms with Gasteiger partial charge in [0.2, 0.25) is 6.79 Å². The van der Waals surface area contributed by atoms with Crippen molar-refractivity contribution in [1.29, 1.82) is 0 Å². The number of carbonyl (C=O) groups excluding carboxylic acids is 1. The minimum absolute atomic E-state index is 0.169. The second-order valence-corrected chi connectivity index (χ2v) is 6.46. The monoisotopic (exact) mass is 384 g/mol. The Bertz CT molecular complexity index is 1200. The van der Waals surface area contributed by atoms with E-state index in [0.717, 1.165) is 22.3 Å². The molecule has 0 saturated carbocycles. The van der Waals surface area contributed by atoms with Crippen LogP contribution in [0.25, 0.3) is 10.9 Å². The Morgan fingerprint density at radius 3 is 2.72 bits per heavy atom.